The maximum absolute atomic E-state index is 12.2. The second-order valence-electron chi connectivity index (χ2n) is 4.51. The second-order valence-corrected chi connectivity index (χ2v) is 8.04. The molecule has 108 valence electrons. The molecule has 0 amide bonds. The SMILES string of the molecule is O=S(Cc1ccc(Cl)cc1)Cc1csc(-c2ccsc2)n1. The first-order chi connectivity index (χ1) is 10.2. The predicted molar refractivity (Wildman–Crippen MR) is 92.4 cm³/mol. The zero-order valence-corrected chi connectivity index (χ0v) is 14.2. The summed E-state index contributed by atoms with van der Waals surface area (Å²) < 4.78 is 12.2. The van der Waals surface area contributed by atoms with Crippen molar-refractivity contribution in [3.05, 3.63) is 62.8 Å². The Morgan fingerprint density at radius 1 is 1.10 bits per heavy atom. The van der Waals surface area contributed by atoms with E-state index in [0.717, 1.165) is 21.8 Å². The molecule has 0 aliphatic heterocycles. The third-order valence-corrected chi connectivity index (χ3v) is 6.02. The lowest BCUT2D eigenvalue weighted by Gasteiger charge is -2.01. The molecule has 2 nitrogen and oxygen atoms in total. The number of benzene rings is 1. The van der Waals surface area contributed by atoms with Gasteiger partial charge in [0.2, 0.25) is 0 Å². The van der Waals surface area contributed by atoms with Crippen molar-refractivity contribution >= 4 is 45.1 Å². The van der Waals surface area contributed by atoms with Gasteiger partial charge in [0, 0.05) is 37.9 Å². The number of halogens is 1. The molecule has 0 saturated heterocycles. The Kier molecular flexibility index (Phi) is 4.85. The molecule has 21 heavy (non-hydrogen) atoms. The van der Waals surface area contributed by atoms with E-state index in [2.05, 4.69) is 16.4 Å². The number of nitrogens with zero attached hydrogens (tertiary/aromatic N) is 1. The predicted octanol–water partition coefficient (Wildman–Crippen LogP) is 4.97. The molecular weight excluding hydrogens is 342 g/mol. The van der Waals surface area contributed by atoms with Gasteiger partial charge in [-0.05, 0) is 29.1 Å². The molecule has 1 atom stereocenters. The summed E-state index contributed by atoms with van der Waals surface area (Å²) in [7, 11) is -0.958. The lowest BCUT2D eigenvalue weighted by Crippen LogP contribution is -1.99. The van der Waals surface area contributed by atoms with Crippen LogP contribution in [0, 0.1) is 0 Å². The number of hydrogen-bond donors (Lipinski definition) is 0. The molecule has 2 aromatic heterocycles. The van der Waals surface area contributed by atoms with Crippen LogP contribution in [0.3, 0.4) is 0 Å². The van der Waals surface area contributed by atoms with E-state index < -0.39 is 10.8 Å². The van der Waals surface area contributed by atoms with E-state index in [1.165, 1.54) is 0 Å². The minimum absolute atomic E-state index is 0.489. The van der Waals surface area contributed by atoms with Crippen LogP contribution >= 0.6 is 34.3 Å². The third kappa shape index (κ3) is 4.01. The molecule has 0 radical (unpaired) electrons. The van der Waals surface area contributed by atoms with Crippen molar-refractivity contribution in [3.63, 3.8) is 0 Å². The topological polar surface area (TPSA) is 30.0 Å². The Morgan fingerprint density at radius 2 is 1.90 bits per heavy atom. The monoisotopic (exact) mass is 353 g/mol. The first-order valence-electron chi connectivity index (χ1n) is 6.27. The summed E-state index contributed by atoms with van der Waals surface area (Å²) in [5.74, 6) is 1.02. The van der Waals surface area contributed by atoms with E-state index in [1.807, 2.05) is 35.0 Å². The highest BCUT2D eigenvalue weighted by atomic mass is 35.5. The fourth-order valence-corrected chi connectivity index (χ4v) is 4.78. The smallest absolute Gasteiger partial charge is 0.124 e. The van der Waals surface area contributed by atoms with Gasteiger partial charge in [0.15, 0.2) is 0 Å². The summed E-state index contributed by atoms with van der Waals surface area (Å²) >= 11 is 9.10. The van der Waals surface area contributed by atoms with Gasteiger partial charge in [0.25, 0.3) is 0 Å². The first kappa shape index (κ1) is 14.9. The summed E-state index contributed by atoms with van der Waals surface area (Å²) in [6.45, 7) is 0. The molecule has 0 saturated carbocycles. The fraction of sp³-hybridized carbons (Fsp3) is 0.133. The summed E-state index contributed by atoms with van der Waals surface area (Å²) in [6.07, 6.45) is 0. The van der Waals surface area contributed by atoms with Crippen molar-refractivity contribution in [2.24, 2.45) is 0 Å². The van der Waals surface area contributed by atoms with Gasteiger partial charge >= 0.3 is 0 Å². The van der Waals surface area contributed by atoms with Crippen LogP contribution < -0.4 is 0 Å². The molecule has 0 aliphatic carbocycles. The Hall–Kier alpha value is -1.01. The van der Waals surface area contributed by atoms with Crippen molar-refractivity contribution in [1.29, 1.82) is 0 Å². The van der Waals surface area contributed by atoms with Gasteiger partial charge in [-0.15, -0.1) is 11.3 Å². The lowest BCUT2D eigenvalue weighted by atomic mass is 10.2. The largest absolute Gasteiger partial charge is 0.259 e. The summed E-state index contributed by atoms with van der Waals surface area (Å²) in [6, 6.07) is 9.53. The zero-order valence-electron chi connectivity index (χ0n) is 11.0. The van der Waals surface area contributed by atoms with Gasteiger partial charge in [0.05, 0.1) is 11.4 Å². The maximum atomic E-state index is 12.2. The van der Waals surface area contributed by atoms with E-state index in [0.29, 0.717) is 16.5 Å². The number of aromatic nitrogens is 1. The van der Waals surface area contributed by atoms with Crippen molar-refractivity contribution in [2.75, 3.05) is 0 Å². The third-order valence-electron chi connectivity index (χ3n) is 2.87. The minimum Gasteiger partial charge on any atom is -0.259 e. The molecule has 0 aliphatic rings. The van der Waals surface area contributed by atoms with Crippen molar-refractivity contribution in [2.45, 2.75) is 11.5 Å². The highest BCUT2D eigenvalue weighted by Crippen LogP contribution is 2.26. The Labute approximate surface area is 138 Å². The van der Waals surface area contributed by atoms with Crippen LogP contribution in [0.25, 0.3) is 10.6 Å². The quantitative estimate of drug-likeness (QED) is 0.647. The van der Waals surface area contributed by atoms with Crippen LogP contribution in [0.4, 0.5) is 0 Å². The van der Waals surface area contributed by atoms with Crippen LogP contribution in [0.15, 0.2) is 46.5 Å². The summed E-state index contributed by atoms with van der Waals surface area (Å²) in [4.78, 5) is 4.56. The van der Waals surface area contributed by atoms with Crippen molar-refractivity contribution < 1.29 is 4.21 Å². The van der Waals surface area contributed by atoms with Crippen LogP contribution in [0.1, 0.15) is 11.3 Å². The maximum Gasteiger partial charge on any atom is 0.124 e. The Balaban J connectivity index is 1.64. The number of thiophene rings is 1. The van der Waals surface area contributed by atoms with Crippen molar-refractivity contribution in [1.82, 2.24) is 4.98 Å². The van der Waals surface area contributed by atoms with Gasteiger partial charge in [-0.2, -0.15) is 11.3 Å². The molecule has 0 N–H and O–H groups in total. The normalized spacial score (nSPS) is 12.4. The lowest BCUT2D eigenvalue weighted by molar-refractivity contribution is 0.681. The first-order valence-corrected chi connectivity index (χ1v) is 9.96. The average Bonchev–Trinajstić information content (AvgIpc) is 3.12. The van der Waals surface area contributed by atoms with E-state index in [9.17, 15) is 4.21 Å². The minimum atomic E-state index is -0.958. The van der Waals surface area contributed by atoms with Crippen molar-refractivity contribution in [3.8, 4) is 10.6 Å². The molecule has 0 bridgehead atoms. The van der Waals surface area contributed by atoms with E-state index in [-0.39, 0.29) is 0 Å². The molecule has 3 rings (SSSR count). The zero-order chi connectivity index (χ0) is 14.7. The van der Waals surface area contributed by atoms with Crippen LogP contribution in [0.5, 0.6) is 0 Å². The van der Waals surface area contributed by atoms with E-state index in [4.69, 9.17) is 11.6 Å². The van der Waals surface area contributed by atoms with Gasteiger partial charge in [-0.3, -0.25) is 4.21 Å². The molecule has 1 aromatic carbocycles. The summed E-state index contributed by atoms with van der Waals surface area (Å²) in [5, 5.41) is 7.80. The number of thiazole rings is 1. The standard InChI is InChI=1S/C15H12ClNOS3/c16-13-3-1-11(2-4-13)9-21(18)10-14-8-20-15(17-14)12-5-6-19-7-12/h1-8H,9-10H2. The Bertz CT molecular complexity index is 735. The highest BCUT2D eigenvalue weighted by Gasteiger charge is 2.09. The molecule has 2 heterocycles. The van der Waals surface area contributed by atoms with E-state index >= 15 is 0 Å². The number of hydrogen-bond acceptors (Lipinski definition) is 4. The molecular formula is C15H12ClNOS3. The second kappa shape index (κ2) is 6.83. The fourth-order valence-electron chi connectivity index (χ4n) is 1.87. The van der Waals surface area contributed by atoms with Crippen LogP contribution in [-0.2, 0) is 22.3 Å². The molecule has 3 aromatic rings. The summed E-state index contributed by atoms with van der Waals surface area (Å²) in [5.41, 5.74) is 3.07. The average molecular weight is 354 g/mol. The Morgan fingerprint density at radius 3 is 2.62 bits per heavy atom. The van der Waals surface area contributed by atoms with Gasteiger partial charge in [0.1, 0.15) is 5.01 Å². The molecule has 6 heteroatoms. The van der Waals surface area contributed by atoms with Crippen LogP contribution in [-0.4, -0.2) is 9.19 Å². The molecule has 0 spiro atoms. The van der Waals surface area contributed by atoms with Gasteiger partial charge in [-0.1, -0.05) is 23.7 Å². The number of rotatable bonds is 5. The van der Waals surface area contributed by atoms with E-state index in [1.54, 1.807) is 22.7 Å². The van der Waals surface area contributed by atoms with Gasteiger partial charge < -0.3 is 0 Å². The molecule has 1 unspecified atom stereocenters. The van der Waals surface area contributed by atoms with Crippen LogP contribution in [0.2, 0.25) is 5.02 Å². The molecule has 0 fully saturated rings. The highest BCUT2D eigenvalue weighted by molar-refractivity contribution is 7.83. The van der Waals surface area contributed by atoms with Gasteiger partial charge in [-0.25, -0.2) is 4.98 Å².